The van der Waals surface area contributed by atoms with Gasteiger partial charge in [-0.05, 0) is 25.0 Å². The number of methoxy groups -OCH3 is 1. The van der Waals surface area contributed by atoms with E-state index in [0.29, 0.717) is 12.5 Å². The summed E-state index contributed by atoms with van der Waals surface area (Å²) in [6.45, 7) is 2.35. The quantitative estimate of drug-likeness (QED) is 0.805. The standard InChI is InChI=1S/C17H22N4O3/c1-23-15-5-2-6-16(10-15)24-13-14-4-3-8-20(11-14)17(22)12-21-9-7-18-19-21/h2,5-7,9-10,14H,3-4,8,11-13H2,1H3/t14-/m1/s1. The van der Waals surface area contributed by atoms with Gasteiger partial charge in [-0.15, -0.1) is 5.10 Å². The van der Waals surface area contributed by atoms with Crippen molar-refractivity contribution in [3.05, 3.63) is 36.7 Å². The Balaban J connectivity index is 1.50. The Kier molecular flexibility index (Phi) is 5.30. The third-order valence-electron chi connectivity index (χ3n) is 4.17. The molecule has 0 saturated carbocycles. The van der Waals surface area contributed by atoms with Crippen LogP contribution in [0.5, 0.6) is 11.5 Å². The van der Waals surface area contributed by atoms with Gasteiger partial charge in [-0.3, -0.25) is 4.79 Å². The number of benzene rings is 1. The molecule has 2 heterocycles. The molecule has 128 valence electrons. The minimum absolute atomic E-state index is 0.0755. The molecule has 24 heavy (non-hydrogen) atoms. The fourth-order valence-electron chi connectivity index (χ4n) is 2.89. The van der Waals surface area contributed by atoms with Crippen LogP contribution in [0.15, 0.2) is 36.7 Å². The molecule has 7 heteroatoms. The summed E-state index contributed by atoms with van der Waals surface area (Å²) in [4.78, 5) is 14.2. The summed E-state index contributed by atoms with van der Waals surface area (Å²) in [5.41, 5.74) is 0. The van der Waals surface area contributed by atoms with E-state index in [1.165, 1.54) is 0 Å². The van der Waals surface area contributed by atoms with E-state index in [1.807, 2.05) is 29.2 Å². The Morgan fingerprint density at radius 1 is 1.38 bits per heavy atom. The molecule has 1 aromatic heterocycles. The number of rotatable bonds is 6. The topological polar surface area (TPSA) is 69.5 Å². The number of hydrogen-bond donors (Lipinski definition) is 0. The summed E-state index contributed by atoms with van der Waals surface area (Å²) in [5.74, 6) is 1.98. The van der Waals surface area contributed by atoms with E-state index in [-0.39, 0.29) is 12.5 Å². The summed E-state index contributed by atoms with van der Waals surface area (Å²) < 4.78 is 12.6. The van der Waals surface area contributed by atoms with E-state index in [1.54, 1.807) is 24.2 Å². The van der Waals surface area contributed by atoms with Crippen LogP contribution in [0, 0.1) is 5.92 Å². The van der Waals surface area contributed by atoms with Crippen molar-refractivity contribution in [1.82, 2.24) is 19.9 Å². The van der Waals surface area contributed by atoms with Crippen molar-refractivity contribution in [2.45, 2.75) is 19.4 Å². The zero-order chi connectivity index (χ0) is 16.8. The third kappa shape index (κ3) is 4.24. The molecule has 1 aromatic carbocycles. The van der Waals surface area contributed by atoms with Crippen LogP contribution < -0.4 is 9.47 Å². The third-order valence-corrected chi connectivity index (χ3v) is 4.17. The maximum absolute atomic E-state index is 12.3. The van der Waals surface area contributed by atoms with Gasteiger partial charge in [0.1, 0.15) is 18.0 Å². The fraction of sp³-hybridized carbons (Fsp3) is 0.471. The van der Waals surface area contributed by atoms with E-state index in [9.17, 15) is 4.79 Å². The van der Waals surface area contributed by atoms with E-state index in [4.69, 9.17) is 9.47 Å². The predicted molar refractivity (Wildman–Crippen MR) is 87.8 cm³/mol. The van der Waals surface area contributed by atoms with Crippen LogP contribution in [0.3, 0.4) is 0 Å². The molecule has 0 aliphatic carbocycles. The maximum Gasteiger partial charge on any atom is 0.244 e. The molecular formula is C17H22N4O3. The van der Waals surface area contributed by atoms with E-state index in [2.05, 4.69) is 10.3 Å². The van der Waals surface area contributed by atoms with Crippen LogP contribution in [-0.4, -0.2) is 52.6 Å². The Labute approximate surface area is 141 Å². The van der Waals surface area contributed by atoms with Crippen molar-refractivity contribution in [3.8, 4) is 11.5 Å². The molecule has 0 bridgehead atoms. The molecule has 1 fully saturated rings. The van der Waals surface area contributed by atoms with Crippen LogP contribution in [0.1, 0.15) is 12.8 Å². The molecule has 0 N–H and O–H groups in total. The zero-order valence-electron chi connectivity index (χ0n) is 13.8. The van der Waals surface area contributed by atoms with Gasteiger partial charge in [0.25, 0.3) is 0 Å². The van der Waals surface area contributed by atoms with Gasteiger partial charge < -0.3 is 14.4 Å². The van der Waals surface area contributed by atoms with Crippen molar-refractivity contribution in [1.29, 1.82) is 0 Å². The van der Waals surface area contributed by atoms with Gasteiger partial charge in [0.15, 0.2) is 0 Å². The fourth-order valence-corrected chi connectivity index (χ4v) is 2.89. The molecule has 1 atom stereocenters. The smallest absolute Gasteiger partial charge is 0.244 e. The first-order chi connectivity index (χ1) is 11.7. The van der Waals surface area contributed by atoms with Crippen molar-refractivity contribution in [3.63, 3.8) is 0 Å². The summed E-state index contributed by atoms with van der Waals surface area (Å²) in [6.07, 6.45) is 5.34. The number of piperidine rings is 1. The van der Waals surface area contributed by atoms with Gasteiger partial charge in [0, 0.05) is 31.3 Å². The Morgan fingerprint density at radius 3 is 3.04 bits per heavy atom. The van der Waals surface area contributed by atoms with Crippen LogP contribution in [0.2, 0.25) is 0 Å². The van der Waals surface area contributed by atoms with Crippen LogP contribution >= 0.6 is 0 Å². The summed E-state index contributed by atoms with van der Waals surface area (Å²) in [6, 6.07) is 7.58. The molecular weight excluding hydrogens is 308 g/mol. The van der Waals surface area contributed by atoms with Gasteiger partial charge in [-0.1, -0.05) is 11.3 Å². The minimum Gasteiger partial charge on any atom is -0.497 e. The van der Waals surface area contributed by atoms with Crippen LogP contribution in [0.25, 0.3) is 0 Å². The van der Waals surface area contributed by atoms with E-state index >= 15 is 0 Å². The second kappa shape index (κ2) is 7.81. The second-order valence-corrected chi connectivity index (χ2v) is 5.94. The second-order valence-electron chi connectivity index (χ2n) is 5.94. The molecule has 1 aliphatic rings. The average molecular weight is 330 g/mol. The summed E-state index contributed by atoms with van der Waals surface area (Å²) >= 11 is 0. The first-order valence-corrected chi connectivity index (χ1v) is 8.13. The van der Waals surface area contributed by atoms with Crippen LogP contribution in [0.4, 0.5) is 0 Å². The molecule has 0 spiro atoms. The largest absolute Gasteiger partial charge is 0.497 e. The Bertz CT molecular complexity index is 660. The number of likely N-dealkylation sites (tertiary alicyclic amines) is 1. The molecule has 1 amide bonds. The lowest BCUT2D eigenvalue weighted by Gasteiger charge is -2.32. The normalized spacial score (nSPS) is 17.5. The lowest BCUT2D eigenvalue weighted by Crippen LogP contribution is -2.43. The number of carbonyl (C=O) groups excluding carboxylic acids is 1. The van der Waals surface area contributed by atoms with Crippen molar-refractivity contribution in [2.24, 2.45) is 5.92 Å². The number of nitrogens with zero attached hydrogens (tertiary/aromatic N) is 4. The van der Waals surface area contributed by atoms with Crippen LogP contribution in [-0.2, 0) is 11.3 Å². The summed E-state index contributed by atoms with van der Waals surface area (Å²) in [5, 5.41) is 7.57. The first kappa shape index (κ1) is 16.3. The highest BCUT2D eigenvalue weighted by Crippen LogP contribution is 2.22. The Morgan fingerprint density at radius 2 is 2.25 bits per heavy atom. The average Bonchev–Trinajstić information content (AvgIpc) is 3.13. The molecule has 2 aromatic rings. The lowest BCUT2D eigenvalue weighted by atomic mass is 9.99. The molecule has 0 unspecified atom stereocenters. The number of aromatic nitrogens is 3. The summed E-state index contributed by atoms with van der Waals surface area (Å²) in [7, 11) is 1.64. The zero-order valence-corrected chi connectivity index (χ0v) is 13.8. The Hall–Kier alpha value is -2.57. The molecule has 0 radical (unpaired) electrons. The molecule has 1 aliphatic heterocycles. The first-order valence-electron chi connectivity index (χ1n) is 8.13. The number of hydrogen-bond acceptors (Lipinski definition) is 5. The molecule has 1 saturated heterocycles. The van der Waals surface area contributed by atoms with Gasteiger partial charge in [0.05, 0.1) is 19.9 Å². The van der Waals surface area contributed by atoms with Gasteiger partial charge in [0.2, 0.25) is 5.91 Å². The number of carbonyl (C=O) groups is 1. The van der Waals surface area contributed by atoms with Gasteiger partial charge in [-0.2, -0.15) is 0 Å². The molecule has 3 rings (SSSR count). The highest BCUT2D eigenvalue weighted by molar-refractivity contribution is 5.76. The predicted octanol–water partition coefficient (Wildman–Crippen LogP) is 1.60. The highest BCUT2D eigenvalue weighted by atomic mass is 16.5. The monoisotopic (exact) mass is 330 g/mol. The van der Waals surface area contributed by atoms with Gasteiger partial charge >= 0.3 is 0 Å². The van der Waals surface area contributed by atoms with Crippen molar-refractivity contribution in [2.75, 3.05) is 26.8 Å². The van der Waals surface area contributed by atoms with Crippen molar-refractivity contribution >= 4 is 5.91 Å². The van der Waals surface area contributed by atoms with E-state index in [0.717, 1.165) is 37.4 Å². The number of ether oxygens (including phenoxy) is 2. The maximum atomic E-state index is 12.3. The SMILES string of the molecule is COc1cccc(OC[C@@H]2CCCN(C(=O)Cn3ccnn3)C2)c1. The highest BCUT2D eigenvalue weighted by Gasteiger charge is 2.24. The number of amides is 1. The minimum atomic E-state index is 0.0755. The molecule has 7 nitrogen and oxygen atoms in total. The van der Waals surface area contributed by atoms with Gasteiger partial charge in [-0.25, -0.2) is 4.68 Å². The van der Waals surface area contributed by atoms with Crippen molar-refractivity contribution < 1.29 is 14.3 Å². The lowest BCUT2D eigenvalue weighted by molar-refractivity contribution is -0.134. The van der Waals surface area contributed by atoms with E-state index < -0.39 is 0 Å².